The Hall–Kier alpha value is -3.79. The van der Waals surface area contributed by atoms with Crippen LogP contribution in [0.25, 0.3) is 39.4 Å². The third-order valence-electron chi connectivity index (χ3n) is 4.60. The zero-order chi connectivity index (χ0) is 18.1. The maximum atomic E-state index is 4.60. The average molecular weight is 348 g/mol. The van der Waals surface area contributed by atoms with E-state index in [9.17, 15) is 0 Å². The van der Waals surface area contributed by atoms with E-state index >= 15 is 0 Å². The van der Waals surface area contributed by atoms with E-state index in [1.165, 1.54) is 0 Å². The molecule has 27 heavy (non-hydrogen) atoms. The normalized spacial score (nSPS) is 11.0. The van der Waals surface area contributed by atoms with Crippen molar-refractivity contribution in [3.63, 3.8) is 0 Å². The molecule has 4 aromatic heterocycles. The van der Waals surface area contributed by atoms with E-state index in [2.05, 4.69) is 49.7 Å². The highest BCUT2D eigenvalue weighted by Gasteiger charge is 2.09. The largest absolute Gasteiger partial charge is 0.300 e. The molecular weight excluding hydrogens is 332 g/mol. The minimum absolute atomic E-state index is 0.895. The number of pyridine rings is 3. The molecule has 0 bridgehead atoms. The molecule has 128 valence electrons. The van der Waals surface area contributed by atoms with Crippen LogP contribution in [-0.2, 0) is 0 Å². The molecule has 0 atom stereocenters. The van der Waals surface area contributed by atoms with Gasteiger partial charge in [0.05, 0.1) is 23.3 Å². The van der Waals surface area contributed by atoms with E-state index in [4.69, 9.17) is 0 Å². The second kappa shape index (κ2) is 6.50. The number of fused-ring (bicyclic) bond motifs is 1. The van der Waals surface area contributed by atoms with Crippen LogP contribution in [0.4, 0.5) is 0 Å². The van der Waals surface area contributed by atoms with Crippen molar-refractivity contribution < 1.29 is 0 Å². The zero-order valence-corrected chi connectivity index (χ0v) is 14.5. The molecule has 0 unspecified atom stereocenters. The summed E-state index contributed by atoms with van der Waals surface area (Å²) < 4.78 is 2.09. The van der Waals surface area contributed by atoms with E-state index in [1.807, 2.05) is 61.1 Å². The lowest BCUT2D eigenvalue weighted by atomic mass is 10.1. The van der Waals surface area contributed by atoms with Crippen LogP contribution in [0.15, 0.2) is 97.6 Å². The summed E-state index contributed by atoms with van der Waals surface area (Å²) >= 11 is 0. The second-order valence-corrected chi connectivity index (χ2v) is 6.30. The molecule has 0 N–H and O–H groups in total. The Morgan fingerprint density at radius 3 is 2.30 bits per heavy atom. The van der Waals surface area contributed by atoms with E-state index in [0.29, 0.717) is 0 Å². The smallest absolute Gasteiger partial charge is 0.137 e. The fraction of sp³-hybridized carbons (Fsp3) is 0. The van der Waals surface area contributed by atoms with Gasteiger partial charge in [-0.25, -0.2) is 4.98 Å². The molecular formula is C23H16N4. The summed E-state index contributed by atoms with van der Waals surface area (Å²) in [4.78, 5) is 13.5. The van der Waals surface area contributed by atoms with Crippen molar-refractivity contribution in [3.05, 3.63) is 97.6 Å². The molecule has 4 heterocycles. The van der Waals surface area contributed by atoms with Crippen molar-refractivity contribution in [1.82, 2.24) is 19.4 Å². The van der Waals surface area contributed by atoms with E-state index < -0.39 is 0 Å². The standard InChI is InChI=1S/C23H16N4/c1-2-6-17(7-3-1)21-14-19(9-12-25-21)22-16-26-23-15-18(10-13-27(22)23)20-8-4-5-11-24-20/h1-16H. The molecule has 5 aromatic rings. The monoisotopic (exact) mass is 348 g/mol. The second-order valence-electron chi connectivity index (χ2n) is 6.30. The van der Waals surface area contributed by atoms with Crippen molar-refractivity contribution in [2.45, 2.75) is 0 Å². The van der Waals surface area contributed by atoms with Crippen LogP contribution in [0, 0.1) is 0 Å². The molecule has 0 fully saturated rings. The van der Waals surface area contributed by atoms with Crippen molar-refractivity contribution >= 4 is 5.65 Å². The predicted molar refractivity (Wildman–Crippen MR) is 107 cm³/mol. The first-order chi connectivity index (χ1) is 13.4. The average Bonchev–Trinajstić information content (AvgIpc) is 3.18. The Morgan fingerprint density at radius 2 is 1.44 bits per heavy atom. The Balaban J connectivity index is 1.58. The molecule has 0 amide bonds. The molecule has 0 aliphatic heterocycles. The number of imidazole rings is 1. The summed E-state index contributed by atoms with van der Waals surface area (Å²) in [5.74, 6) is 0. The lowest BCUT2D eigenvalue weighted by molar-refractivity contribution is 1.18. The Labute approximate surface area is 156 Å². The highest BCUT2D eigenvalue weighted by molar-refractivity contribution is 5.72. The van der Waals surface area contributed by atoms with E-state index in [1.54, 1.807) is 6.20 Å². The quantitative estimate of drug-likeness (QED) is 0.454. The van der Waals surface area contributed by atoms with Gasteiger partial charge in [0.2, 0.25) is 0 Å². The van der Waals surface area contributed by atoms with Gasteiger partial charge in [0, 0.05) is 35.3 Å². The third kappa shape index (κ3) is 2.87. The zero-order valence-electron chi connectivity index (χ0n) is 14.5. The van der Waals surface area contributed by atoms with Crippen molar-refractivity contribution in [3.8, 4) is 33.8 Å². The summed E-state index contributed by atoms with van der Waals surface area (Å²) in [6, 6.07) is 24.4. The minimum atomic E-state index is 0.895. The van der Waals surface area contributed by atoms with Gasteiger partial charge < -0.3 is 0 Å². The maximum absolute atomic E-state index is 4.60. The summed E-state index contributed by atoms with van der Waals surface area (Å²) in [5, 5.41) is 0. The van der Waals surface area contributed by atoms with E-state index in [-0.39, 0.29) is 0 Å². The maximum Gasteiger partial charge on any atom is 0.137 e. The van der Waals surface area contributed by atoms with E-state index in [0.717, 1.165) is 39.4 Å². The molecule has 0 aliphatic rings. The van der Waals surface area contributed by atoms with Crippen LogP contribution < -0.4 is 0 Å². The number of hydrogen-bond acceptors (Lipinski definition) is 3. The minimum Gasteiger partial charge on any atom is -0.300 e. The van der Waals surface area contributed by atoms with Crippen LogP contribution in [0.3, 0.4) is 0 Å². The first-order valence-electron chi connectivity index (χ1n) is 8.79. The van der Waals surface area contributed by atoms with Crippen LogP contribution in [0.1, 0.15) is 0 Å². The topological polar surface area (TPSA) is 43.1 Å². The third-order valence-corrected chi connectivity index (χ3v) is 4.60. The molecule has 0 aliphatic carbocycles. The predicted octanol–water partition coefficient (Wildman–Crippen LogP) is 5.13. The van der Waals surface area contributed by atoms with Gasteiger partial charge in [0.1, 0.15) is 5.65 Å². The molecule has 4 nitrogen and oxygen atoms in total. The van der Waals surface area contributed by atoms with Crippen LogP contribution in [0.2, 0.25) is 0 Å². The van der Waals surface area contributed by atoms with Gasteiger partial charge in [-0.15, -0.1) is 0 Å². The lowest BCUT2D eigenvalue weighted by Gasteiger charge is -2.06. The summed E-state index contributed by atoms with van der Waals surface area (Å²) in [6.07, 6.45) is 7.60. The Kier molecular flexibility index (Phi) is 3.72. The number of aromatic nitrogens is 4. The number of benzene rings is 1. The van der Waals surface area contributed by atoms with Crippen molar-refractivity contribution in [1.29, 1.82) is 0 Å². The van der Waals surface area contributed by atoms with Gasteiger partial charge in [0.15, 0.2) is 0 Å². The van der Waals surface area contributed by atoms with Crippen molar-refractivity contribution in [2.75, 3.05) is 0 Å². The molecule has 0 saturated carbocycles. The highest BCUT2D eigenvalue weighted by atomic mass is 15.0. The Bertz CT molecular complexity index is 1210. The van der Waals surface area contributed by atoms with Crippen LogP contribution >= 0.6 is 0 Å². The highest BCUT2D eigenvalue weighted by Crippen LogP contribution is 2.27. The first-order valence-corrected chi connectivity index (χ1v) is 8.79. The summed E-state index contributed by atoms with van der Waals surface area (Å²) in [5.41, 5.74) is 7.07. The van der Waals surface area contributed by atoms with Crippen LogP contribution in [-0.4, -0.2) is 19.4 Å². The first kappa shape index (κ1) is 15.5. The lowest BCUT2D eigenvalue weighted by Crippen LogP contribution is -1.91. The fourth-order valence-electron chi connectivity index (χ4n) is 3.24. The molecule has 0 saturated heterocycles. The van der Waals surface area contributed by atoms with Gasteiger partial charge in [0.25, 0.3) is 0 Å². The number of nitrogens with zero attached hydrogens (tertiary/aromatic N) is 4. The number of rotatable bonds is 3. The molecule has 1 aromatic carbocycles. The molecule has 0 spiro atoms. The van der Waals surface area contributed by atoms with Gasteiger partial charge in [-0.2, -0.15) is 0 Å². The molecule has 4 heteroatoms. The van der Waals surface area contributed by atoms with Gasteiger partial charge >= 0.3 is 0 Å². The number of hydrogen-bond donors (Lipinski definition) is 0. The van der Waals surface area contributed by atoms with Gasteiger partial charge in [-0.05, 0) is 36.4 Å². The van der Waals surface area contributed by atoms with Gasteiger partial charge in [-0.3, -0.25) is 14.4 Å². The summed E-state index contributed by atoms with van der Waals surface area (Å²) in [7, 11) is 0. The molecule has 5 rings (SSSR count). The Morgan fingerprint density at radius 1 is 0.593 bits per heavy atom. The van der Waals surface area contributed by atoms with Crippen LogP contribution in [0.5, 0.6) is 0 Å². The molecule has 0 radical (unpaired) electrons. The van der Waals surface area contributed by atoms with Gasteiger partial charge in [-0.1, -0.05) is 36.4 Å². The SMILES string of the molecule is c1ccc(-c2cc(-c3cnc4cc(-c5ccccn5)ccn34)ccn2)cc1. The van der Waals surface area contributed by atoms with Crippen molar-refractivity contribution in [2.24, 2.45) is 0 Å². The summed E-state index contributed by atoms with van der Waals surface area (Å²) in [6.45, 7) is 0. The fourth-order valence-corrected chi connectivity index (χ4v) is 3.24.